The van der Waals surface area contributed by atoms with Gasteiger partial charge in [-0.2, -0.15) is 30.4 Å². The van der Waals surface area contributed by atoms with Crippen molar-refractivity contribution in [3.8, 4) is 0 Å². The van der Waals surface area contributed by atoms with Crippen LogP contribution >= 0.6 is 0 Å². The second-order valence-electron chi connectivity index (χ2n) is 12.9. The van der Waals surface area contributed by atoms with Gasteiger partial charge >= 0.3 is 27.5 Å². The summed E-state index contributed by atoms with van der Waals surface area (Å²) in [6.45, 7) is 5.55. The van der Waals surface area contributed by atoms with Crippen LogP contribution in [0.2, 0.25) is 0 Å². The predicted molar refractivity (Wildman–Crippen MR) is 132 cm³/mol. The molecule has 0 saturated heterocycles. The maximum Gasteiger partial charge on any atom is 0.432 e. The summed E-state index contributed by atoms with van der Waals surface area (Å²) in [5, 5.41) is -5.81. The summed E-state index contributed by atoms with van der Waals surface area (Å²) in [6, 6.07) is 0. The highest BCUT2D eigenvalue weighted by Gasteiger charge is 2.67. The van der Waals surface area contributed by atoms with E-state index in [2.05, 4.69) is 11.7 Å². The van der Waals surface area contributed by atoms with Crippen molar-refractivity contribution in [1.82, 2.24) is 0 Å². The molecule has 0 aromatic heterocycles. The molecule has 9 atom stereocenters. The normalized spacial score (nSPS) is 37.6. The standard InChI is InChI=1S/C27H35F5O8S/c1-13(4-7-21(36)40-23(26(28,29)30)27(31,32)41(37,38)39)16-5-6-17-22-18(12-20(35)25(16,17)3)24(2)9-8-15(33)10-14(24)11-19(22)34/h13-14,16-18,22-23H,4-12H2,1-3H3,(H,37,38,39)/t13-,14-,16?,17-,18-,22-,23?,24-,25+/m0/s1. The molecule has 41 heavy (non-hydrogen) atoms. The number of hydrogen-bond acceptors (Lipinski definition) is 7. The van der Waals surface area contributed by atoms with Crippen molar-refractivity contribution in [3.63, 3.8) is 0 Å². The molecule has 0 spiro atoms. The smallest absolute Gasteiger partial charge is 0.432 e. The van der Waals surface area contributed by atoms with Crippen molar-refractivity contribution in [1.29, 1.82) is 0 Å². The van der Waals surface area contributed by atoms with Gasteiger partial charge in [-0.05, 0) is 60.7 Å². The lowest BCUT2D eigenvalue weighted by molar-refractivity contribution is -0.259. The molecule has 0 aromatic rings. The van der Waals surface area contributed by atoms with Gasteiger partial charge in [0, 0.05) is 43.4 Å². The quantitative estimate of drug-likeness (QED) is 0.242. The Morgan fingerprint density at radius 1 is 1.05 bits per heavy atom. The fraction of sp³-hybridized carbons (Fsp3) is 0.852. The van der Waals surface area contributed by atoms with Crippen LogP contribution in [0.5, 0.6) is 0 Å². The van der Waals surface area contributed by atoms with Gasteiger partial charge in [-0.15, -0.1) is 0 Å². The molecule has 0 bridgehead atoms. The molecule has 8 nitrogen and oxygen atoms in total. The number of halogens is 5. The summed E-state index contributed by atoms with van der Waals surface area (Å²) >= 11 is 0. The van der Waals surface area contributed by atoms with E-state index in [9.17, 15) is 49.5 Å². The number of alkyl halides is 5. The molecule has 0 aliphatic heterocycles. The molecule has 4 rings (SSSR count). The molecule has 4 aliphatic rings. The summed E-state index contributed by atoms with van der Waals surface area (Å²) in [4.78, 5) is 51.5. The van der Waals surface area contributed by atoms with Gasteiger partial charge in [0.15, 0.2) is 0 Å². The number of esters is 1. The van der Waals surface area contributed by atoms with Crippen LogP contribution in [-0.2, 0) is 34.0 Å². The summed E-state index contributed by atoms with van der Waals surface area (Å²) in [5.74, 6) is -3.26. The van der Waals surface area contributed by atoms with E-state index < -0.39 is 51.4 Å². The first-order valence-electron chi connectivity index (χ1n) is 13.8. The third-order valence-corrected chi connectivity index (χ3v) is 11.8. The maximum atomic E-state index is 13.8. The zero-order valence-electron chi connectivity index (χ0n) is 23.0. The molecule has 0 amide bonds. The Labute approximate surface area is 234 Å². The first kappa shape index (κ1) is 32.0. The van der Waals surface area contributed by atoms with Crippen LogP contribution in [0.25, 0.3) is 0 Å². The lowest BCUT2D eigenvalue weighted by Crippen LogP contribution is -2.60. The van der Waals surface area contributed by atoms with Crippen LogP contribution in [0.1, 0.15) is 78.6 Å². The van der Waals surface area contributed by atoms with Crippen LogP contribution in [0, 0.1) is 46.3 Å². The molecule has 14 heteroatoms. The molecule has 4 fully saturated rings. The zero-order chi connectivity index (χ0) is 30.9. The first-order chi connectivity index (χ1) is 18.7. The van der Waals surface area contributed by atoms with Crippen molar-refractivity contribution >= 4 is 33.4 Å². The highest BCUT2D eigenvalue weighted by Crippen LogP contribution is 2.66. The molecule has 232 valence electrons. The van der Waals surface area contributed by atoms with E-state index >= 15 is 0 Å². The molecule has 1 N–H and O–H groups in total. The number of carbonyl (C=O) groups is 4. The second-order valence-corrected chi connectivity index (χ2v) is 14.4. The second kappa shape index (κ2) is 10.3. The van der Waals surface area contributed by atoms with E-state index in [4.69, 9.17) is 4.55 Å². The maximum absolute atomic E-state index is 13.8. The Kier molecular flexibility index (Phi) is 8.06. The van der Waals surface area contributed by atoms with Gasteiger partial charge in [0.2, 0.25) is 0 Å². The molecule has 0 aromatic carbocycles. The van der Waals surface area contributed by atoms with Crippen molar-refractivity contribution < 1.29 is 58.8 Å². The largest absolute Gasteiger partial charge is 0.445 e. The Hall–Kier alpha value is -1.96. The van der Waals surface area contributed by atoms with Crippen molar-refractivity contribution in [2.24, 2.45) is 46.3 Å². The van der Waals surface area contributed by atoms with Crippen LogP contribution in [0.3, 0.4) is 0 Å². The lowest BCUT2D eigenvalue weighted by Gasteiger charge is -2.58. The van der Waals surface area contributed by atoms with Gasteiger partial charge in [0.1, 0.15) is 17.3 Å². The Morgan fingerprint density at radius 3 is 2.27 bits per heavy atom. The molecule has 2 unspecified atom stereocenters. The fourth-order valence-electron chi connectivity index (χ4n) is 8.59. The van der Waals surface area contributed by atoms with Gasteiger partial charge < -0.3 is 4.74 Å². The van der Waals surface area contributed by atoms with E-state index in [1.54, 1.807) is 13.8 Å². The van der Waals surface area contributed by atoms with Crippen LogP contribution in [-0.4, -0.2) is 53.8 Å². The van der Waals surface area contributed by atoms with Crippen LogP contribution in [0.15, 0.2) is 0 Å². The van der Waals surface area contributed by atoms with Gasteiger partial charge in [-0.25, -0.2) is 0 Å². The number of carbonyl (C=O) groups excluding carboxylic acids is 4. The summed E-state index contributed by atoms with van der Waals surface area (Å²) in [5.41, 5.74) is -1.24. The lowest BCUT2D eigenvalue weighted by atomic mass is 9.44. The summed E-state index contributed by atoms with van der Waals surface area (Å²) in [6.07, 6.45) is -8.36. The topological polar surface area (TPSA) is 132 Å². The van der Waals surface area contributed by atoms with Gasteiger partial charge in [0.05, 0.1) is 0 Å². The predicted octanol–water partition coefficient (Wildman–Crippen LogP) is 4.94. The average Bonchev–Trinajstić information content (AvgIpc) is 3.19. The minimum absolute atomic E-state index is 0.0304. The highest BCUT2D eigenvalue weighted by atomic mass is 32.2. The van der Waals surface area contributed by atoms with E-state index in [1.165, 1.54) is 0 Å². The molecule has 4 aliphatic carbocycles. The van der Waals surface area contributed by atoms with Crippen LogP contribution < -0.4 is 0 Å². The third kappa shape index (κ3) is 5.25. The number of ketones is 3. The molecular weight excluding hydrogens is 579 g/mol. The van der Waals surface area contributed by atoms with Gasteiger partial charge in [-0.1, -0.05) is 20.8 Å². The number of fused-ring (bicyclic) bond motifs is 5. The SMILES string of the molecule is C[C@@H](CCC(=O)OC(C(F)(F)F)C(F)(F)S(=O)(=O)O)C1CC[C@H]2[C@@H]3C(=O)C[C@@H]4CC(=O)CC[C@]4(C)[C@H]3CC(=O)[C@]12C. The van der Waals surface area contributed by atoms with Crippen molar-refractivity contribution in [2.75, 3.05) is 0 Å². The minimum atomic E-state index is -6.54. The van der Waals surface area contributed by atoms with Gasteiger partial charge in [-0.3, -0.25) is 23.7 Å². The van der Waals surface area contributed by atoms with E-state index in [0.717, 1.165) is 0 Å². The number of Topliss-reactive ketones (excluding diaryl/α,β-unsaturated/α-hetero) is 3. The van der Waals surface area contributed by atoms with Crippen molar-refractivity contribution in [2.45, 2.75) is 96.1 Å². The highest BCUT2D eigenvalue weighted by molar-refractivity contribution is 7.86. The molecule has 0 heterocycles. The van der Waals surface area contributed by atoms with Crippen molar-refractivity contribution in [3.05, 3.63) is 0 Å². The van der Waals surface area contributed by atoms with Gasteiger partial charge in [0.25, 0.3) is 6.10 Å². The van der Waals surface area contributed by atoms with E-state index in [-0.39, 0.29) is 71.6 Å². The van der Waals surface area contributed by atoms with Crippen LogP contribution in [0.4, 0.5) is 22.0 Å². The zero-order valence-corrected chi connectivity index (χ0v) is 23.8. The average molecular weight is 615 g/mol. The Morgan fingerprint density at radius 2 is 1.68 bits per heavy atom. The number of rotatable bonds is 7. The molecule has 0 radical (unpaired) electrons. The first-order valence-corrected chi connectivity index (χ1v) is 15.3. The third-order valence-electron chi connectivity index (χ3n) is 10.9. The van der Waals surface area contributed by atoms with E-state index in [0.29, 0.717) is 32.1 Å². The fourth-order valence-corrected chi connectivity index (χ4v) is 9.04. The molecule has 4 saturated carbocycles. The summed E-state index contributed by atoms with van der Waals surface area (Å²) in [7, 11) is -6.54. The molecular formula is C27H35F5O8S. The van der Waals surface area contributed by atoms with E-state index in [1.807, 2.05) is 0 Å². The number of ether oxygens (including phenoxy) is 1. The number of hydrogen-bond donors (Lipinski definition) is 1. The summed E-state index contributed by atoms with van der Waals surface area (Å²) < 4.78 is 101. The Balaban J connectivity index is 1.47. The minimum Gasteiger partial charge on any atom is -0.445 e. The Bertz CT molecular complexity index is 1230. The monoisotopic (exact) mass is 614 g/mol.